The van der Waals surface area contributed by atoms with E-state index in [1.165, 1.54) is 0 Å². The number of amides is 1. The van der Waals surface area contributed by atoms with Crippen LogP contribution in [0.25, 0.3) is 0 Å². The number of anilines is 1. The summed E-state index contributed by atoms with van der Waals surface area (Å²) in [6.45, 7) is 2.52. The molecule has 126 valence electrons. The number of nitrogens with zero attached hydrogens (tertiary/aromatic N) is 1. The van der Waals surface area contributed by atoms with Crippen LogP contribution in [-0.4, -0.2) is 23.9 Å². The summed E-state index contributed by atoms with van der Waals surface area (Å²) in [5, 5.41) is 4.37. The fourth-order valence-electron chi connectivity index (χ4n) is 3.09. The summed E-state index contributed by atoms with van der Waals surface area (Å²) in [7, 11) is 0. The lowest BCUT2D eigenvalue weighted by molar-refractivity contribution is -0.121. The zero-order chi connectivity index (χ0) is 16.9. The van der Waals surface area contributed by atoms with Gasteiger partial charge < -0.3 is 5.32 Å². The van der Waals surface area contributed by atoms with Crippen molar-refractivity contribution in [2.75, 3.05) is 18.4 Å². The first-order chi connectivity index (χ1) is 11.6. The van der Waals surface area contributed by atoms with Gasteiger partial charge in [-0.2, -0.15) is 0 Å². The number of hydrogen-bond acceptors (Lipinski definition) is 2. The Morgan fingerprint density at radius 1 is 1.17 bits per heavy atom. The Morgan fingerprint density at radius 2 is 2.00 bits per heavy atom. The highest BCUT2D eigenvalue weighted by Gasteiger charge is 2.26. The summed E-state index contributed by atoms with van der Waals surface area (Å²) >= 11 is 12.2. The van der Waals surface area contributed by atoms with Crippen molar-refractivity contribution in [2.45, 2.75) is 19.4 Å². The van der Waals surface area contributed by atoms with E-state index in [4.69, 9.17) is 23.2 Å². The molecule has 3 nitrogen and oxygen atoms in total. The highest BCUT2D eigenvalue weighted by atomic mass is 35.5. The van der Waals surface area contributed by atoms with Crippen molar-refractivity contribution in [3.05, 3.63) is 64.1 Å². The van der Waals surface area contributed by atoms with Gasteiger partial charge in [-0.3, -0.25) is 9.69 Å². The first kappa shape index (κ1) is 17.3. The van der Waals surface area contributed by atoms with Crippen LogP contribution in [0, 0.1) is 5.92 Å². The summed E-state index contributed by atoms with van der Waals surface area (Å²) in [5.41, 5.74) is 1.85. The smallest absolute Gasteiger partial charge is 0.228 e. The number of hydrogen-bond donors (Lipinski definition) is 1. The molecule has 2 aromatic rings. The molecule has 1 aliphatic heterocycles. The molecule has 1 saturated heterocycles. The number of likely N-dealkylation sites (tertiary alicyclic amines) is 1. The third kappa shape index (κ3) is 4.50. The van der Waals surface area contributed by atoms with Crippen LogP contribution in [0.15, 0.2) is 48.5 Å². The van der Waals surface area contributed by atoms with Gasteiger partial charge in [-0.1, -0.05) is 47.5 Å². The zero-order valence-corrected chi connectivity index (χ0v) is 14.9. The number of piperidine rings is 1. The first-order valence-corrected chi connectivity index (χ1v) is 8.89. The van der Waals surface area contributed by atoms with E-state index in [9.17, 15) is 4.79 Å². The maximum absolute atomic E-state index is 12.5. The quantitative estimate of drug-likeness (QED) is 0.843. The molecule has 1 atom stereocenters. The number of benzene rings is 2. The van der Waals surface area contributed by atoms with Gasteiger partial charge in [0.1, 0.15) is 0 Å². The van der Waals surface area contributed by atoms with Gasteiger partial charge in [0.2, 0.25) is 5.91 Å². The van der Waals surface area contributed by atoms with Crippen LogP contribution in [0.2, 0.25) is 10.0 Å². The average molecular weight is 363 g/mol. The van der Waals surface area contributed by atoms with E-state index in [1.54, 1.807) is 12.1 Å². The van der Waals surface area contributed by atoms with Gasteiger partial charge in [0.25, 0.3) is 0 Å². The lowest BCUT2D eigenvalue weighted by atomic mass is 9.96. The van der Waals surface area contributed by atoms with Crippen LogP contribution in [0.5, 0.6) is 0 Å². The van der Waals surface area contributed by atoms with Crippen LogP contribution in [-0.2, 0) is 11.3 Å². The van der Waals surface area contributed by atoms with Crippen LogP contribution in [0.3, 0.4) is 0 Å². The monoisotopic (exact) mass is 362 g/mol. The molecular weight excluding hydrogens is 343 g/mol. The van der Waals surface area contributed by atoms with Crippen molar-refractivity contribution < 1.29 is 4.79 Å². The Hall–Kier alpha value is -1.55. The molecule has 1 N–H and O–H groups in total. The normalized spacial score (nSPS) is 18.3. The Morgan fingerprint density at radius 3 is 2.79 bits per heavy atom. The molecule has 0 bridgehead atoms. The van der Waals surface area contributed by atoms with Crippen molar-refractivity contribution in [1.82, 2.24) is 4.90 Å². The van der Waals surface area contributed by atoms with Gasteiger partial charge in [0.15, 0.2) is 0 Å². The molecule has 5 heteroatoms. The molecule has 24 heavy (non-hydrogen) atoms. The molecule has 0 spiro atoms. The van der Waals surface area contributed by atoms with Gasteiger partial charge in [-0.15, -0.1) is 0 Å². The largest absolute Gasteiger partial charge is 0.326 e. The highest BCUT2D eigenvalue weighted by molar-refractivity contribution is 6.31. The molecule has 0 saturated carbocycles. The molecule has 1 heterocycles. The van der Waals surface area contributed by atoms with E-state index >= 15 is 0 Å². The topological polar surface area (TPSA) is 32.3 Å². The summed E-state index contributed by atoms with van der Waals surface area (Å²) in [5.74, 6) is 0.0429. The van der Waals surface area contributed by atoms with Crippen molar-refractivity contribution in [3.8, 4) is 0 Å². The summed E-state index contributed by atoms with van der Waals surface area (Å²) in [6, 6.07) is 15.1. The maximum Gasteiger partial charge on any atom is 0.228 e. The second-order valence-electron chi connectivity index (χ2n) is 6.17. The van der Waals surface area contributed by atoms with E-state index in [1.807, 2.05) is 36.4 Å². The SMILES string of the molecule is O=C(Nc1cccc(Cl)c1)[C@@H]1CCCN(Cc2ccccc2Cl)C1. The number of carbonyl (C=O) groups is 1. The summed E-state index contributed by atoms with van der Waals surface area (Å²) in [4.78, 5) is 14.8. The highest BCUT2D eigenvalue weighted by Crippen LogP contribution is 2.23. The molecule has 1 fully saturated rings. The molecule has 3 rings (SSSR count). The van der Waals surface area contributed by atoms with Gasteiger partial charge in [0.05, 0.1) is 5.92 Å². The molecule has 1 amide bonds. The predicted octanol–water partition coefficient (Wildman–Crippen LogP) is 4.84. The fourth-order valence-corrected chi connectivity index (χ4v) is 3.48. The number of halogens is 2. The summed E-state index contributed by atoms with van der Waals surface area (Å²) < 4.78 is 0. The Balaban J connectivity index is 1.60. The van der Waals surface area contributed by atoms with Crippen LogP contribution >= 0.6 is 23.2 Å². The maximum atomic E-state index is 12.5. The molecule has 2 aromatic carbocycles. The Bertz CT molecular complexity index is 720. The molecule has 0 radical (unpaired) electrons. The van der Waals surface area contributed by atoms with Gasteiger partial charge in [-0.05, 0) is 49.2 Å². The molecular formula is C19H20Cl2N2O. The number of carbonyl (C=O) groups excluding carboxylic acids is 1. The average Bonchev–Trinajstić information content (AvgIpc) is 2.57. The first-order valence-electron chi connectivity index (χ1n) is 8.14. The molecule has 0 aliphatic carbocycles. The fraction of sp³-hybridized carbons (Fsp3) is 0.316. The second-order valence-corrected chi connectivity index (χ2v) is 7.01. The van der Waals surface area contributed by atoms with Gasteiger partial charge in [-0.25, -0.2) is 0 Å². The van der Waals surface area contributed by atoms with E-state index in [2.05, 4.69) is 10.2 Å². The van der Waals surface area contributed by atoms with E-state index < -0.39 is 0 Å². The minimum Gasteiger partial charge on any atom is -0.326 e. The molecule has 0 unspecified atom stereocenters. The number of nitrogens with one attached hydrogen (secondary N) is 1. The van der Waals surface area contributed by atoms with Crippen molar-refractivity contribution in [1.29, 1.82) is 0 Å². The summed E-state index contributed by atoms with van der Waals surface area (Å²) in [6.07, 6.45) is 1.92. The molecule has 1 aliphatic rings. The zero-order valence-electron chi connectivity index (χ0n) is 13.3. The standard InChI is InChI=1S/C19H20Cl2N2O/c20-16-7-3-8-17(11-16)22-19(24)15-6-4-10-23(13-15)12-14-5-1-2-9-18(14)21/h1-3,5,7-9,11,15H,4,6,10,12-13H2,(H,22,24)/t15-/m1/s1. The lowest BCUT2D eigenvalue weighted by Crippen LogP contribution is -2.40. The van der Waals surface area contributed by atoms with Crippen LogP contribution in [0.4, 0.5) is 5.69 Å². The number of rotatable bonds is 4. The van der Waals surface area contributed by atoms with Crippen LogP contribution in [0.1, 0.15) is 18.4 Å². The Kier molecular flexibility index (Phi) is 5.77. The second kappa shape index (κ2) is 8.02. The van der Waals surface area contributed by atoms with Crippen molar-refractivity contribution in [3.63, 3.8) is 0 Å². The van der Waals surface area contributed by atoms with Crippen molar-refractivity contribution >= 4 is 34.8 Å². The minimum atomic E-state index is -0.0137. The van der Waals surface area contributed by atoms with Crippen molar-refractivity contribution in [2.24, 2.45) is 5.92 Å². The minimum absolute atomic E-state index is 0.0137. The van der Waals surface area contributed by atoms with Gasteiger partial charge in [0, 0.05) is 28.8 Å². The predicted molar refractivity (Wildman–Crippen MR) is 99.5 cm³/mol. The van der Waals surface area contributed by atoms with E-state index in [-0.39, 0.29) is 11.8 Å². The van der Waals surface area contributed by atoms with Gasteiger partial charge >= 0.3 is 0 Å². The molecule has 0 aromatic heterocycles. The third-order valence-corrected chi connectivity index (χ3v) is 4.92. The van der Waals surface area contributed by atoms with E-state index in [0.29, 0.717) is 5.02 Å². The van der Waals surface area contributed by atoms with E-state index in [0.717, 1.165) is 48.7 Å². The lowest BCUT2D eigenvalue weighted by Gasteiger charge is -2.32. The van der Waals surface area contributed by atoms with Crippen LogP contribution < -0.4 is 5.32 Å². The Labute approximate surface area is 152 Å². The third-order valence-electron chi connectivity index (χ3n) is 4.32.